The summed E-state index contributed by atoms with van der Waals surface area (Å²) in [6.07, 6.45) is 4.08. The van der Waals surface area contributed by atoms with E-state index in [1.54, 1.807) is 6.92 Å². The summed E-state index contributed by atoms with van der Waals surface area (Å²) in [6, 6.07) is 8.22. The van der Waals surface area contributed by atoms with Crippen LogP contribution in [0.1, 0.15) is 26.5 Å². The second-order valence-corrected chi connectivity index (χ2v) is 7.77. The quantitative estimate of drug-likeness (QED) is 0.836. The van der Waals surface area contributed by atoms with Crippen LogP contribution in [-0.2, 0) is 11.3 Å². The van der Waals surface area contributed by atoms with Gasteiger partial charge in [0.25, 0.3) is 0 Å². The van der Waals surface area contributed by atoms with Gasteiger partial charge >= 0.3 is 0 Å². The number of hydrogen-bond donors (Lipinski definition) is 1. The number of nitriles is 1. The number of piperazine rings is 1. The van der Waals surface area contributed by atoms with Crippen molar-refractivity contribution in [2.24, 2.45) is 5.92 Å². The highest BCUT2D eigenvalue weighted by Crippen LogP contribution is 2.15. The van der Waals surface area contributed by atoms with Crippen LogP contribution in [0.15, 0.2) is 30.6 Å². The Labute approximate surface area is 160 Å². The molecule has 0 spiro atoms. The number of rotatable bonds is 6. The maximum atomic E-state index is 12.3. The van der Waals surface area contributed by atoms with Crippen molar-refractivity contribution in [2.75, 3.05) is 32.7 Å². The van der Waals surface area contributed by atoms with Crippen molar-refractivity contribution < 1.29 is 4.79 Å². The number of amides is 1. The van der Waals surface area contributed by atoms with Gasteiger partial charge in [-0.05, 0) is 25.0 Å². The zero-order valence-electron chi connectivity index (χ0n) is 16.4. The van der Waals surface area contributed by atoms with Gasteiger partial charge in [-0.1, -0.05) is 19.9 Å². The first-order valence-corrected chi connectivity index (χ1v) is 9.49. The Morgan fingerprint density at radius 2 is 2.00 bits per heavy atom. The lowest BCUT2D eigenvalue weighted by atomic mass is 9.90. The minimum atomic E-state index is -0.817. The van der Waals surface area contributed by atoms with E-state index in [4.69, 9.17) is 0 Å². The van der Waals surface area contributed by atoms with Crippen molar-refractivity contribution in [3.63, 3.8) is 0 Å². The summed E-state index contributed by atoms with van der Waals surface area (Å²) >= 11 is 0. The van der Waals surface area contributed by atoms with Gasteiger partial charge in [0.15, 0.2) is 0 Å². The van der Waals surface area contributed by atoms with E-state index in [9.17, 15) is 10.1 Å². The smallest absolute Gasteiger partial charge is 0.235 e. The molecule has 1 atom stereocenters. The van der Waals surface area contributed by atoms with Gasteiger partial charge in [-0.25, -0.2) is 4.98 Å². The third-order valence-corrected chi connectivity index (χ3v) is 5.42. The van der Waals surface area contributed by atoms with Crippen LogP contribution >= 0.6 is 0 Å². The van der Waals surface area contributed by atoms with Crippen LogP contribution in [0.3, 0.4) is 0 Å². The molecule has 7 nitrogen and oxygen atoms in total. The number of hydrogen-bond acceptors (Lipinski definition) is 5. The zero-order chi connectivity index (χ0) is 19.4. The van der Waals surface area contributed by atoms with Crippen molar-refractivity contribution in [1.29, 1.82) is 5.26 Å². The first-order chi connectivity index (χ1) is 12.9. The minimum absolute atomic E-state index is 0.0636. The number of fused-ring (bicyclic) bond motifs is 1. The molecule has 0 aromatic carbocycles. The molecule has 3 rings (SSSR count). The summed E-state index contributed by atoms with van der Waals surface area (Å²) < 4.78 is 2.04. The van der Waals surface area contributed by atoms with E-state index in [1.165, 1.54) is 0 Å². The summed E-state index contributed by atoms with van der Waals surface area (Å²) in [6.45, 7) is 10.3. The number of carbonyl (C=O) groups excluding carboxylic acids is 1. The SMILES string of the molecule is CC(C)C(C)(C#N)NC(=O)CN1CCN(Cc2cn3ccccc3n2)CC1. The highest BCUT2D eigenvalue weighted by atomic mass is 16.2. The highest BCUT2D eigenvalue weighted by molar-refractivity contribution is 5.79. The maximum Gasteiger partial charge on any atom is 0.235 e. The average molecular weight is 368 g/mol. The number of aromatic nitrogens is 2. The molecule has 2 aromatic rings. The number of nitrogens with zero attached hydrogens (tertiary/aromatic N) is 5. The minimum Gasteiger partial charge on any atom is -0.337 e. The molecule has 1 aliphatic rings. The second kappa shape index (κ2) is 8.07. The molecular formula is C20H28N6O. The normalized spacial score (nSPS) is 18.3. The molecule has 0 radical (unpaired) electrons. The van der Waals surface area contributed by atoms with Gasteiger partial charge in [-0.3, -0.25) is 14.6 Å². The number of carbonyl (C=O) groups is 1. The molecule has 0 saturated carbocycles. The lowest BCUT2D eigenvalue weighted by Crippen LogP contribution is -2.54. The largest absolute Gasteiger partial charge is 0.337 e. The summed E-state index contributed by atoms with van der Waals surface area (Å²) in [7, 11) is 0. The van der Waals surface area contributed by atoms with Crippen LogP contribution in [0, 0.1) is 17.2 Å². The topological polar surface area (TPSA) is 76.7 Å². The van der Waals surface area contributed by atoms with Gasteiger partial charge < -0.3 is 9.72 Å². The van der Waals surface area contributed by atoms with Crippen molar-refractivity contribution in [3.05, 3.63) is 36.3 Å². The molecule has 2 aromatic heterocycles. The molecule has 3 heterocycles. The zero-order valence-corrected chi connectivity index (χ0v) is 16.4. The predicted octanol–water partition coefficient (Wildman–Crippen LogP) is 1.51. The third-order valence-electron chi connectivity index (χ3n) is 5.42. The molecule has 7 heteroatoms. The Kier molecular flexibility index (Phi) is 5.78. The average Bonchev–Trinajstić information content (AvgIpc) is 3.05. The van der Waals surface area contributed by atoms with Gasteiger partial charge in [-0.15, -0.1) is 0 Å². The molecule has 144 valence electrons. The van der Waals surface area contributed by atoms with E-state index < -0.39 is 5.54 Å². The van der Waals surface area contributed by atoms with Gasteiger partial charge in [0.05, 0.1) is 18.3 Å². The highest BCUT2D eigenvalue weighted by Gasteiger charge is 2.30. The van der Waals surface area contributed by atoms with Crippen LogP contribution in [0.25, 0.3) is 5.65 Å². The van der Waals surface area contributed by atoms with E-state index in [0.717, 1.165) is 44.1 Å². The Morgan fingerprint density at radius 1 is 1.30 bits per heavy atom. The van der Waals surface area contributed by atoms with Crippen LogP contribution in [0.4, 0.5) is 0 Å². The van der Waals surface area contributed by atoms with Crippen LogP contribution in [0.5, 0.6) is 0 Å². The second-order valence-electron chi connectivity index (χ2n) is 7.77. The number of pyridine rings is 1. The summed E-state index contributed by atoms with van der Waals surface area (Å²) in [5.41, 5.74) is 1.21. The lowest BCUT2D eigenvalue weighted by Gasteiger charge is -2.35. The monoisotopic (exact) mass is 368 g/mol. The Hall–Kier alpha value is -2.43. The number of imidazole rings is 1. The summed E-state index contributed by atoms with van der Waals surface area (Å²) in [4.78, 5) is 21.5. The van der Waals surface area contributed by atoms with E-state index in [0.29, 0.717) is 6.54 Å². The fourth-order valence-corrected chi connectivity index (χ4v) is 3.23. The van der Waals surface area contributed by atoms with Crippen molar-refractivity contribution in [3.8, 4) is 6.07 Å². The maximum absolute atomic E-state index is 12.3. The third kappa shape index (κ3) is 4.65. The molecule has 1 saturated heterocycles. The van der Waals surface area contributed by atoms with Gasteiger partial charge in [-0.2, -0.15) is 5.26 Å². The van der Waals surface area contributed by atoms with E-state index in [-0.39, 0.29) is 11.8 Å². The van der Waals surface area contributed by atoms with Crippen molar-refractivity contribution >= 4 is 11.6 Å². The van der Waals surface area contributed by atoms with Crippen molar-refractivity contribution in [1.82, 2.24) is 24.5 Å². The molecule has 0 bridgehead atoms. The summed E-state index contributed by atoms with van der Waals surface area (Å²) in [5, 5.41) is 12.2. The standard InChI is InChI=1S/C20H28N6O/c1-16(2)20(3,15-21)23-19(27)14-25-10-8-24(9-11-25)12-17-13-26-7-5-4-6-18(26)22-17/h4-7,13,16H,8-12,14H2,1-3H3,(H,23,27). The van der Waals surface area contributed by atoms with Crippen LogP contribution in [-0.4, -0.2) is 63.4 Å². The van der Waals surface area contributed by atoms with E-state index >= 15 is 0 Å². The molecule has 1 N–H and O–H groups in total. The molecular weight excluding hydrogens is 340 g/mol. The first kappa shape index (κ1) is 19.3. The van der Waals surface area contributed by atoms with Gasteiger partial charge in [0.1, 0.15) is 11.2 Å². The van der Waals surface area contributed by atoms with Gasteiger partial charge in [0, 0.05) is 45.1 Å². The van der Waals surface area contributed by atoms with Crippen molar-refractivity contribution in [2.45, 2.75) is 32.9 Å². The fraction of sp³-hybridized carbons (Fsp3) is 0.550. The fourth-order valence-electron chi connectivity index (χ4n) is 3.23. The molecule has 1 amide bonds. The molecule has 1 fully saturated rings. The Balaban J connectivity index is 1.47. The van der Waals surface area contributed by atoms with Crippen LogP contribution < -0.4 is 5.32 Å². The first-order valence-electron chi connectivity index (χ1n) is 9.49. The molecule has 1 aliphatic heterocycles. The Morgan fingerprint density at radius 3 is 2.63 bits per heavy atom. The Bertz CT molecular complexity index is 797. The van der Waals surface area contributed by atoms with E-state index in [1.807, 2.05) is 42.6 Å². The van der Waals surface area contributed by atoms with E-state index in [2.05, 4.69) is 32.4 Å². The molecule has 0 aliphatic carbocycles. The number of nitrogens with one attached hydrogen (secondary N) is 1. The molecule has 27 heavy (non-hydrogen) atoms. The lowest BCUT2D eigenvalue weighted by molar-refractivity contribution is -0.124. The van der Waals surface area contributed by atoms with Gasteiger partial charge in [0.2, 0.25) is 5.91 Å². The van der Waals surface area contributed by atoms with Crippen LogP contribution in [0.2, 0.25) is 0 Å². The molecule has 1 unspecified atom stereocenters. The summed E-state index contributed by atoms with van der Waals surface area (Å²) in [5.74, 6) is -0.0183. The predicted molar refractivity (Wildman–Crippen MR) is 104 cm³/mol.